The number of benzene rings is 1. The number of aromatic hydroxyl groups is 1. The van der Waals surface area contributed by atoms with Gasteiger partial charge in [0.1, 0.15) is 5.75 Å². The zero-order valence-electron chi connectivity index (χ0n) is 7.48. The van der Waals surface area contributed by atoms with Crippen LogP contribution in [0.1, 0.15) is 5.56 Å². The molecule has 1 rings (SSSR count). The first-order valence-electron chi connectivity index (χ1n) is 3.80. The first-order valence-corrected chi connectivity index (χ1v) is 4.56. The van der Waals surface area contributed by atoms with Crippen molar-refractivity contribution in [2.45, 2.75) is 0 Å². The summed E-state index contributed by atoms with van der Waals surface area (Å²) in [6.07, 6.45) is 1.24. The van der Waals surface area contributed by atoms with Crippen LogP contribution in [0.4, 0.5) is 0 Å². The highest BCUT2D eigenvalue weighted by atomic mass is 35.5. The first-order chi connectivity index (χ1) is 7.00. The van der Waals surface area contributed by atoms with Crippen LogP contribution in [0.3, 0.4) is 0 Å². The Bertz CT molecular complexity index is 427. The van der Waals surface area contributed by atoms with Crippen LogP contribution in [-0.4, -0.2) is 17.3 Å². The molecule has 0 radical (unpaired) electrons. The van der Waals surface area contributed by atoms with Crippen molar-refractivity contribution >= 4 is 35.4 Å². The van der Waals surface area contributed by atoms with Gasteiger partial charge >= 0.3 is 0 Å². The molecule has 0 aromatic heterocycles. The van der Waals surface area contributed by atoms with Crippen LogP contribution in [0.15, 0.2) is 22.3 Å². The minimum atomic E-state index is -0.182. The zero-order valence-corrected chi connectivity index (χ0v) is 9.00. The molecule has 0 fully saturated rings. The molecule has 0 bridgehead atoms. The second-order valence-corrected chi connectivity index (χ2v) is 3.44. The summed E-state index contributed by atoms with van der Waals surface area (Å²) in [6, 6.07) is 2.89. The predicted molar refractivity (Wildman–Crippen MR) is 61.5 cm³/mol. The third-order valence-electron chi connectivity index (χ3n) is 1.43. The fraction of sp³-hybridized carbons (Fsp3) is 0. The molecule has 80 valence electrons. The van der Waals surface area contributed by atoms with E-state index in [1.165, 1.54) is 18.3 Å². The van der Waals surface area contributed by atoms with Crippen molar-refractivity contribution in [3.63, 3.8) is 0 Å². The van der Waals surface area contributed by atoms with E-state index in [0.29, 0.717) is 10.6 Å². The number of nitrogens with zero attached hydrogens (tertiary/aromatic N) is 2. The monoisotopic (exact) mass is 246 g/mol. The molecule has 0 amide bonds. The molecule has 1 aromatic carbocycles. The number of halogens is 2. The van der Waals surface area contributed by atoms with Gasteiger partial charge in [0.25, 0.3) is 0 Å². The minimum absolute atomic E-state index is 0.129. The minimum Gasteiger partial charge on any atom is -0.506 e. The van der Waals surface area contributed by atoms with Crippen LogP contribution in [-0.2, 0) is 0 Å². The summed E-state index contributed by atoms with van der Waals surface area (Å²) in [5.74, 6) is -0.311. The van der Waals surface area contributed by atoms with Crippen LogP contribution in [0.2, 0.25) is 10.0 Å². The summed E-state index contributed by atoms with van der Waals surface area (Å²) < 4.78 is 0. The molecule has 5 N–H and O–H groups in total. The molecule has 0 aliphatic rings. The van der Waals surface area contributed by atoms with Crippen LogP contribution in [0.5, 0.6) is 5.75 Å². The molecule has 5 nitrogen and oxygen atoms in total. The van der Waals surface area contributed by atoms with Crippen molar-refractivity contribution in [1.29, 1.82) is 0 Å². The maximum Gasteiger partial charge on any atom is 0.211 e. The third-order valence-corrected chi connectivity index (χ3v) is 1.93. The van der Waals surface area contributed by atoms with Gasteiger partial charge in [0.2, 0.25) is 5.96 Å². The molecule has 1 aromatic rings. The van der Waals surface area contributed by atoms with E-state index in [9.17, 15) is 5.11 Å². The van der Waals surface area contributed by atoms with Gasteiger partial charge in [0.15, 0.2) is 0 Å². The smallest absolute Gasteiger partial charge is 0.211 e. The van der Waals surface area contributed by atoms with Gasteiger partial charge in [-0.1, -0.05) is 23.2 Å². The summed E-state index contributed by atoms with van der Waals surface area (Å²) >= 11 is 11.4. The van der Waals surface area contributed by atoms with Gasteiger partial charge in [0, 0.05) is 10.6 Å². The number of phenolic OH excluding ortho intramolecular Hbond substituents is 1. The Kier molecular flexibility index (Phi) is 3.76. The third kappa shape index (κ3) is 3.30. The topological polar surface area (TPSA) is 97.0 Å². The molecule has 15 heavy (non-hydrogen) atoms. The highest BCUT2D eigenvalue weighted by molar-refractivity contribution is 6.36. The van der Waals surface area contributed by atoms with Gasteiger partial charge in [-0.25, -0.2) is 0 Å². The molecule has 0 aliphatic heterocycles. The lowest BCUT2D eigenvalue weighted by Crippen LogP contribution is -2.21. The van der Waals surface area contributed by atoms with Crippen molar-refractivity contribution in [2.75, 3.05) is 0 Å². The van der Waals surface area contributed by atoms with Gasteiger partial charge in [0.05, 0.1) is 11.2 Å². The molecule has 0 atom stereocenters. The maximum atomic E-state index is 9.49. The molecule has 0 aliphatic carbocycles. The molecule has 0 unspecified atom stereocenters. The highest BCUT2D eigenvalue weighted by Crippen LogP contribution is 2.29. The number of nitrogens with two attached hydrogens (primary N) is 2. The molecular formula is C8H8Cl2N4O. The Morgan fingerprint density at radius 2 is 2.00 bits per heavy atom. The Morgan fingerprint density at radius 1 is 1.33 bits per heavy atom. The lowest BCUT2D eigenvalue weighted by molar-refractivity contribution is 0.474. The standard InChI is InChI=1S/C8H8Cl2N4O/c9-5-1-4(3-13-14-8(11)12)7(15)6(10)2-5/h1-3,15H,(H4,11,12,14)/b13-3+. The van der Waals surface area contributed by atoms with Crippen molar-refractivity contribution in [1.82, 2.24) is 0 Å². The maximum absolute atomic E-state index is 9.49. The van der Waals surface area contributed by atoms with Crippen molar-refractivity contribution in [3.8, 4) is 5.75 Å². The fourth-order valence-electron chi connectivity index (χ4n) is 0.842. The van der Waals surface area contributed by atoms with Crippen molar-refractivity contribution < 1.29 is 5.11 Å². The van der Waals surface area contributed by atoms with E-state index in [0.717, 1.165) is 0 Å². The number of phenols is 1. The van der Waals surface area contributed by atoms with E-state index >= 15 is 0 Å². The van der Waals surface area contributed by atoms with Gasteiger partial charge in [-0.05, 0) is 12.1 Å². The first kappa shape index (κ1) is 11.6. The summed E-state index contributed by atoms with van der Waals surface area (Å²) in [6.45, 7) is 0. The highest BCUT2D eigenvalue weighted by Gasteiger charge is 2.05. The average molecular weight is 247 g/mol. The lowest BCUT2D eigenvalue weighted by atomic mass is 10.2. The van der Waals surface area contributed by atoms with E-state index in [2.05, 4.69) is 10.2 Å². The Morgan fingerprint density at radius 3 is 2.60 bits per heavy atom. The number of hydrogen-bond acceptors (Lipinski definition) is 3. The SMILES string of the molecule is NC(N)=N/N=C/c1cc(Cl)cc(Cl)c1O. The van der Waals surface area contributed by atoms with Crippen molar-refractivity contribution in [3.05, 3.63) is 27.7 Å². The molecular weight excluding hydrogens is 239 g/mol. The second kappa shape index (κ2) is 4.86. The Balaban J connectivity index is 3.05. The summed E-state index contributed by atoms with van der Waals surface area (Å²) in [5, 5.41) is 16.9. The van der Waals surface area contributed by atoms with Gasteiger partial charge in [-0.2, -0.15) is 5.10 Å². The number of guanidine groups is 1. The van der Waals surface area contributed by atoms with E-state index in [1.54, 1.807) is 0 Å². The number of hydrogen-bond donors (Lipinski definition) is 3. The van der Waals surface area contributed by atoms with E-state index < -0.39 is 0 Å². The summed E-state index contributed by atoms with van der Waals surface area (Å²) in [4.78, 5) is 0. The summed E-state index contributed by atoms with van der Waals surface area (Å²) in [7, 11) is 0. The average Bonchev–Trinajstić information content (AvgIpc) is 2.12. The van der Waals surface area contributed by atoms with Crippen LogP contribution < -0.4 is 11.5 Å². The Labute approximate surface area is 96.0 Å². The number of rotatable bonds is 2. The lowest BCUT2D eigenvalue weighted by Gasteiger charge is -2.01. The Hall–Kier alpha value is -1.46. The molecule has 0 saturated carbocycles. The van der Waals surface area contributed by atoms with Crippen LogP contribution in [0.25, 0.3) is 0 Å². The summed E-state index contributed by atoms with van der Waals surface area (Å²) in [5.41, 5.74) is 10.4. The van der Waals surface area contributed by atoms with Crippen LogP contribution in [0, 0.1) is 0 Å². The van der Waals surface area contributed by atoms with Gasteiger partial charge in [-0.15, -0.1) is 5.10 Å². The second-order valence-electron chi connectivity index (χ2n) is 2.59. The molecule has 0 heterocycles. The van der Waals surface area contributed by atoms with Crippen molar-refractivity contribution in [2.24, 2.45) is 21.7 Å². The quantitative estimate of drug-likeness (QED) is 0.417. The fourth-order valence-corrected chi connectivity index (χ4v) is 1.35. The van der Waals surface area contributed by atoms with Gasteiger partial charge in [-0.3, -0.25) is 0 Å². The largest absolute Gasteiger partial charge is 0.506 e. The predicted octanol–water partition coefficient (Wildman–Crippen LogP) is 1.31. The zero-order chi connectivity index (χ0) is 11.4. The van der Waals surface area contributed by atoms with Crippen LogP contribution >= 0.6 is 23.2 Å². The van der Waals surface area contributed by atoms with E-state index in [1.807, 2.05) is 0 Å². The molecule has 7 heteroatoms. The van der Waals surface area contributed by atoms with Gasteiger partial charge < -0.3 is 16.6 Å². The normalized spacial score (nSPS) is 10.5. The molecule has 0 saturated heterocycles. The van der Waals surface area contributed by atoms with E-state index in [-0.39, 0.29) is 16.7 Å². The molecule has 0 spiro atoms. The van der Waals surface area contributed by atoms with E-state index in [4.69, 9.17) is 34.7 Å².